The Bertz CT molecular complexity index is 2910. The van der Waals surface area contributed by atoms with Gasteiger partial charge in [0, 0.05) is 56.9 Å². The lowest BCUT2D eigenvalue weighted by molar-refractivity contribution is 0.0610. The molecule has 6 aromatic rings. The van der Waals surface area contributed by atoms with Crippen LogP contribution < -0.4 is 5.32 Å². The molecule has 0 aliphatic carbocycles. The number of rotatable bonds is 12. The van der Waals surface area contributed by atoms with Crippen molar-refractivity contribution < 1.29 is 41.0 Å². The van der Waals surface area contributed by atoms with Gasteiger partial charge in [0.05, 0.1) is 67.8 Å². The van der Waals surface area contributed by atoms with Gasteiger partial charge < -0.3 is 29.0 Å². The lowest BCUT2D eigenvalue weighted by Gasteiger charge is -2.26. The van der Waals surface area contributed by atoms with E-state index in [9.17, 15) is 26.4 Å². The number of fused-ring (bicyclic) bond motifs is 2. The minimum absolute atomic E-state index is 0.0104. The molecule has 20 heteroatoms. The van der Waals surface area contributed by atoms with Crippen LogP contribution in [0.1, 0.15) is 113 Å². The standard InChI is InChI=1S/C24H33N5O4S.C21H26N4O5S/c1-5-10-25-22(30)18-14-26-29(16-18)34(31,32)19-6-7-21-20(13-19)27-23(24(2,3)4)28(21)15-17-8-11-33-12-9-17;1-21(2,3)20-23-17-10-16(31(28,29)25-13-15(11-22-25)19(26)27)4-5-18(17)24(20)12-14-6-8-30-9-7-14/h6-7,13-14,16-17H,5,8-12,15H2,1-4H3,(H,25,30);4-5,10-11,13-14H,6-9,12H2,1-3H3,(H,26,27). The summed E-state index contributed by atoms with van der Waals surface area (Å²) < 4.78 is 69.4. The molecule has 2 aromatic carbocycles. The number of aromatic carboxylic acids is 1. The van der Waals surface area contributed by atoms with Crippen LogP contribution in [0, 0.1) is 11.8 Å². The fraction of sp³-hybridized carbons (Fsp3) is 0.511. The predicted octanol–water partition coefficient (Wildman–Crippen LogP) is 6.23. The number of nitrogens with zero attached hydrogens (tertiary/aromatic N) is 8. The fourth-order valence-corrected chi connectivity index (χ4v) is 10.4. The summed E-state index contributed by atoms with van der Waals surface area (Å²) in [7, 11) is -8.00. The van der Waals surface area contributed by atoms with Crippen molar-refractivity contribution in [2.45, 2.75) is 114 Å². The van der Waals surface area contributed by atoms with Gasteiger partial charge in [-0.15, -0.1) is 0 Å². The molecule has 0 atom stereocenters. The molecule has 350 valence electrons. The monoisotopic (exact) mass is 933 g/mol. The van der Waals surface area contributed by atoms with Crippen LogP contribution >= 0.6 is 0 Å². The van der Waals surface area contributed by atoms with Crippen molar-refractivity contribution in [3.05, 3.63) is 84.0 Å². The second-order valence-electron chi connectivity index (χ2n) is 18.8. The number of carbonyl (C=O) groups is 2. The first-order valence-electron chi connectivity index (χ1n) is 22.0. The number of ether oxygens (including phenoxy) is 2. The van der Waals surface area contributed by atoms with E-state index >= 15 is 0 Å². The first kappa shape index (κ1) is 47.5. The summed E-state index contributed by atoms with van der Waals surface area (Å²) in [6.07, 6.45) is 9.28. The Morgan fingerprint density at radius 1 is 0.692 bits per heavy atom. The van der Waals surface area contributed by atoms with Gasteiger partial charge >= 0.3 is 5.97 Å². The van der Waals surface area contributed by atoms with Crippen LogP contribution in [0.5, 0.6) is 0 Å². The third-order valence-electron chi connectivity index (χ3n) is 11.6. The van der Waals surface area contributed by atoms with Crippen LogP contribution in [-0.2, 0) is 53.4 Å². The molecule has 6 heterocycles. The number of hydrogen-bond donors (Lipinski definition) is 2. The second kappa shape index (κ2) is 18.8. The molecule has 0 saturated carbocycles. The highest BCUT2D eigenvalue weighted by molar-refractivity contribution is 7.90. The zero-order valence-corrected chi connectivity index (χ0v) is 39.7. The molecule has 0 unspecified atom stereocenters. The van der Waals surface area contributed by atoms with Crippen molar-refractivity contribution in [1.82, 2.24) is 42.8 Å². The zero-order chi connectivity index (χ0) is 46.9. The predicted molar refractivity (Wildman–Crippen MR) is 243 cm³/mol. The van der Waals surface area contributed by atoms with Gasteiger partial charge in [-0.05, 0) is 80.3 Å². The van der Waals surface area contributed by atoms with Gasteiger partial charge in [0.2, 0.25) is 0 Å². The molecule has 4 aromatic heterocycles. The lowest BCUT2D eigenvalue weighted by atomic mass is 9.94. The van der Waals surface area contributed by atoms with E-state index in [2.05, 4.69) is 66.2 Å². The van der Waals surface area contributed by atoms with Crippen molar-refractivity contribution in [3.8, 4) is 0 Å². The average Bonchev–Trinajstić information content (AvgIpc) is 4.09. The third kappa shape index (κ3) is 10.3. The van der Waals surface area contributed by atoms with Gasteiger partial charge in [-0.25, -0.2) is 14.8 Å². The number of carboxylic acid groups (broad SMARTS) is 1. The summed E-state index contributed by atoms with van der Waals surface area (Å²) in [6.45, 7) is 19.7. The van der Waals surface area contributed by atoms with Crippen LogP contribution in [-0.4, -0.2) is 104 Å². The highest BCUT2D eigenvalue weighted by Gasteiger charge is 2.29. The number of benzene rings is 2. The maximum absolute atomic E-state index is 13.3. The Labute approximate surface area is 379 Å². The first-order valence-corrected chi connectivity index (χ1v) is 24.9. The van der Waals surface area contributed by atoms with Crippen LogP contribution in [0.4, 0.5) is 0 Å². The van der Waals surface area contributed by atoms with Crippen molar-refractivity contribution in [2.24, 2.45) is 11.8 Å². The van der Waals surface area contributed by atoms with Crippen LogP contribution in [0.25, 0.3) is 22.1 Å². The topological polar surface area (TPSA) is 224 Å². The number of aromatic nitrogens is 8. The molecule has 0 bridgehead atoms. The molecule has 18 nitrogen and oxygen atoms in total. The van der Waals surface area contributed by atoms with E-state index in [0.29, 0.717) is 33.5 Å². The van der Waals surface area contributed by atoms with Gasteiger partial charge in [-0.2, -0.15) is 35.2 Å². The van der Waals surface area contributed by atoms with Gasteiger partial charge in [0.15, 0.2) is 0 Å². The maximum Gasteiger partial charge on any atom is 0.338 e. The molecular formula is C45H59N9O9S2. The summed E-state index contributed by atoms with van der Waals surface area (Å²) in [5, 5.41) is 19.4. The molecule has 65 heavy (non-hydrogen) atoms. The van der Waals surface area contributed by atoms with Crippen molar-refractivity contribution in [2.75, 3.05) is 33.0 Å². The molecule has 2 aliphatic rings. The Morgan fingerprint density at radius 2 is 1.11 bits per heavy atom. The van der Waals surface area contributed by atoms with Crippen molar-refractivity contribution in [3.63, 3.8) is 0 Å². The zero-order valence-electron chi connectivity index (χ0n) is 38.0. The fourth-order valence-electron chi connectivity index (χ4n) is 8.09. The molecule has 2 fully saturated rings. The summed E-state index contributed by atoms with van der Waals surface area (Å²) in [4.78, 5) is 33.0. The molecule has 8 rings (SSSR count). The number of nitrogens with one attached hydrogen (secondary N) is 1. The number of hydrogen-bond acceptors (Lipinski definition) is 12. The van der Waals surface area contributed by atoms with E-state index in [1.807, 2.05) is 13.0 Å². The number of amides is 1. The van der Waals surface area contributed by atoms with E-state index in [4.69, 9.17) is 24.5 Å². The minimum atomic E-state index is -4.03. The number of imidazole rings is 2. The normalized spacial score (nSPS) is 15.9. The molecule has 2 aliphatic heterocycles. The number of carboxylic acids is 1. The van der Waals surface area contributed by atoms with E-state index in [1.54, 1.807) is 18.2 Å². The Kier molecular flexibility index (Phi) is 13.8. The molecule has 1 amide bonds. The van der Waals surface area contributed by atoms with Gasteiger partial charge in [0.1, 0.15) is 11.6 Å². The Morgan fingerprint density at radius 3 is 1.49 bits per heavy atom. The van der Waals surface area contributed by atoms with Gasteiger partial charge in [0.25, 0.3) is 26.0 Å². The first-order chi connectivity index (χ1) is 30.7. The van der Waals surface area contributed by atoms with E-state index in [1.165, 1.54) is 24.5 Å². The summed E-state index contributed by atoms with van der Waals surface area (Å²) >= 11 is 0. The summed E-state index contributed by atoms with van der Waals surface area (Å²) in [5.41, 5.74) is 2.59. The van der Waals surface area contributed by atoms with Crippen LogP contribution in [0.3, 0.4) is 0 Å². The molecule has 0 radical (unpaired) electrons. The van der Waals surface area contributed by atoms with E-state index in [-0.39, 0.29) is 37.7 Å². The summed E-state index contributed by atoms with van der Waals surface area (Å²) in [5.74, 6) is 1.22. The smallest absolute Gasteiger partial charge is 0.338 e. The van der Waals surface area contributed by atoms with E-state index < -0.39 is 26.0 Å². The highest BCUT2D eigenvalue weighted by atomic mass is 32.2. The van der Waals surface area contributed by atoms with Crippen molar-refractivity contribution in [1.29, 1.82) is 0 Å². The van der Waals surface area contributed by atoms with Gasteiger partial charge in [-0.3, -0.25) is 4.79 Å². The quantitative estimate of drug-likeness (QED) is 0.139. The lowest BCUT2D eigenvalue weighted by Crippen LogP contribution is -2.25. The summed E-state index contributed by atoms with van der Waals surface area (Å²) in [6, 6.07) is 9.83. The average molecular weight is 934 g/mol. The molecular weight excluding hydrogens is 875 g/mol. The van der Waals surface area contributed by atoms with Crippen LogP contribution in [0.15, 0.2) is 71.0 Å². The van der Waals surface area contributed by atoms with Crippen LogP contribution in [0.2, 0.25) is 0 Å². The van der Waals surface area contributed by atoms with Crippen molar-refractivity contribution >= 4 is 54.0 Å². The molecule has 0 spiro atoms. The Balaban J connectivity index is 0.000000195. The molecule has 2 N–H and O–H groups in total. The van der Waals surface area contributed by atoms with E-state index in [0.717, 1.165) is 111 Å². The SMILES string of the molecule is CC(C)(C)c1nc2cc(S(=O)(=O)n3cc(C(=O)O)cn3)ccc2n1CC1CCOCC1.CCCNC(=O)c1cnn(S(=O)(=O)c2ccc3c(c2)nc(C(C)(C)C)n3CC2CCOCC2)c1. The minimum Gasteiger partial charge on any atom is -0.478 e. The molecule has 2 saturated heterocycles. The maximum atomic E-state index is 13.3. The third-order valence-corrected chi connectivity index (χ3v) is 14.7. The largest absolute Gasteiger partial charge is 0.478 e. The Hall–Kier alpha value is -5.44. The second-order valence-corrected chi connectivity index (χ2v) is 22.4. The number of carbonyl (C=O) groups excluding carboxylic acids is 1. The van der Waals surface area contributed by atoms with Gasteiger partial charge in [-0.1, -0.05) is 48.5 Å². The highest BCUT2D eigenvalue weighted by Crippen LogP contribution is 2.33.